The first kappa shape index (κ1) is 23.8. The standard InChI is InChI=1S/C26H33N3O3S/c1-26(2,3)25-28-22-15-21(7-8-23(22)29(25)17-18-10-13-32-14-11-18)33-20-6-5-19(24(30)31-4)16-27-12-9-20/h5-8,15-16,18H,9-14,17H2,1-4H3/b19-5+,20-6+,27-16?. The lowest BCUT2D eigenvalue weighted by Crippen LogP contribution is -2.25. The van der Waals surface area contributed by atoms with Crippen LogP contribution in [0.4, 0.5) is 0 Å². The van der Waals surface area contributed by atoms with E-state index in [0.29, 0.717) is 18.0 Å². The average Bonchev–Trinajstić information content (AvgIpc) is 3.14. The predicted molar refractivity (Wildman–Crippen MR) is 134 cm³/mol. The van der Waals surface area contributed by atoms with Gasteiger partial charge in [-0.2, -0.15) is 0 Å². The zero-order valence-corrected chi connectivity index (χ0v) is 20.8. The maximum Gasteiger partial charge on any atom is 0.339 e. The molecule has 0 radical (unpaired) electrons. The Hall–Kier alpha value is -2.38. The number of hydrogen-bond acceptors (Lipinski definition) is 6. The summed E-state index contributed by atoms with van der Waals surface area (Å²) >= 11 is 1.71. The second kappa shape index (κ2) is 10.3. The Balaban J connectivity index is 1.62. The van der Waals surface area contributed by atoms with Gasteiger partial charge in [0.25, 0.3) is 0 Å². The SMILES string of the molecule is COC(=O)/C1=C/C=C(/Sc2ccc3c(c2)nc(C(C)(C)C)n3CC2CCOCC2)CCN=C1. The van der Waals surface area contributed by atoms with E-state index in [4.69, 9.17) is 14.5 Å². The van der Waals surface area contributed by atoms with Crippen LogP contribution in [-0.4, -0.2) is 48.6 Å². The third-order valence-electron chi connectivity index (χ3n) is 6.01. The Morgan fingerprint density at radius 2 is 2.03 bits per heavy atom. The van der Waals surface area contributed by atoms with E-state index in [0.717, 1.165) is 60.2 Å². The van der Waals surface area contributed by atoms with Gasteiger partial charge in [-0.3, -0.25) is 4.99 Å². The maximum absolute atomic E-state index is 11.9. The van der Waals surface area contributed by atoms with Crippen LogP contribution >= 0.6 is 11.8 Å². The number of carbonyl (C=O) groups excluding carboxylic acids is 1. The highest BCUT2D eigenvalue weighted by atomic mass is 32.2. The molecule has 0 bridgehead atoms. The lowest BCUT2D eigenvalue weighted by Gasteiger charge is -2.26. The van der Waals surface area contributed by atoms with Gasteiger partial charge in [0.2, 0.25) is 0 Å². The molecule has 0 N–H and O–H groups in total. The minimum atomic E-state index is -0.368. The number of ether oxygens (including phenoxy) is 2. The lowest BCUT2D eigenvalue weighted by molar-refractivity contribution is -0.135. The van der Waals surface area contributed by atoms with Crippen molar-refractivity contribution in [1.29, 1.82) is 0 Å². The molecule has 0 spiro atoms. The number of aliphatic imine (C=N–C) groups is 1. The highest BCUT2D eigenvalue weighted by Crippen LogP contribution is 2.34. The molecule has 1 aromatic heterocycles. The predicted octanol–water partition coefficient (Wildman–Crippen LogP) is 5.31. The van der Waals surface area contributed by atoms with Gasteiger partial charge < -0.3 is 14.0 Å². The van der Waals surface area contributed by atoms with E-state index in [2.05, 4.69) is 48.5 Å². The lowest BCUT2D eigenvalue weighted by atomic mass is 9.94. The van der Waals surface area contributed by atoms with Crippen molar-refractivity contribution in [3.63, 3.8) is 0 Å². The number of benzene rings is 1. The summed E-state index contributed by atoms with van der Waals surface area (Å²) < 4.78 is 12.8. The number of methoxy groups -OCH3 is 1. The third-order valence-corrected chi connectivity index (χ3v) is 7.10. The molecular weight excluding hydrogens is 434 g/mol. The van der Waals surface area contributed by atoms with Crippen LogP contribution in [0.15, 0.2) is 50.7 Å². The fourth-order valence-electron chi connectivity index (χ4n) is 4.24. The number of imidazole rings is 1. The van der Waals surface area contributed by atoms with Gasteiger partial charge in [-0.05, 0) is 54.4 Å². The highest BCUT2D eigenvalue weighted by molar-refractivity contribution is 8.03. The van der Waals surface area contributed by atoms with Gasteiger partial charge in [-0.25, -0.2) is 9.78 Å². The van der Waals surface area contributed by atoms with Crippen molar-refractivity contribution < 1.29 is 14.3 Å². The van der Waals surface area contributed by atoms with E-state index >= 15 is 0 Å². The minimum Gasteiger partial charge on any atom is -0.465 e. The molecule has 1 aromatic carbocycles. The van der Waals surface area contributed by atoms with E-state index in [1.807, 2.05) is 6.08 Å². The van der Waals surface area contributed by atoms with E-state index in [9.17, 15) is 4.79 Å². The summed E-state index contributed by atoms with van der Waals surface area (Å²) in [7, 11) is 1.39. The van der Waals surface area contributed by atoms with Crippen molar-refractivity contribution in [3.8, 4) is 0 Å². The first-order chi connectivity index (χ1) is 15.8. The molecule has 0 amide bonds. The Labute approximate surface area is 200 Å². The molecule has 6 nitrogen and oxygen atoms in total. The number of allylic oxidation sites excluding steroid dienone is 2. The molecule has 33 heavy (non-hydrogen) atoms. The van der Waals surface area contributed by atoms with Crippen molar-refractivity contribution in [2.45, 2.75) is 56.9 Å². The summed E-state index contributed by atoms with van der Waals surface area (Å²) in [5, 5.41) is 0. The Kier molecular flexibility index (Phi) is 7.39. The fourth-order valence-corrected chi connectivity index (χ4v) is 5.18. The number of hydrogen-bond donors (Lipinski definition) is 0. The molecule has 0 atom stereocenters. The topological polar surface area (TPSA) is 65.7 Å². The van der Waals surface area contributed by atoms with Gasteiger partial charge in [-0.1, -0.05) is 38.6 Å². The van der Waals surface area contributed by atoms with Crippen LogP contribution in [0.1, 0.15) is 45.9 Å². The van der Waals surface area contributed by atoms with E-state index < -0.39 is 0 Å². The van der Waals surface area contributed by atoms with Crippen molar-refractivity contribution in [3.05, 3.63) is 46.7 Å². The molecule has 2 aliphatic rings. The Morgan fingerprint density at radius 3 is 2.76 bits per heavy atom. The molecule has 3 heterocycles. The number of esters is 1. The van der Waals surface area contributed by atoms with E-state index in [-0.39, 0.29) is 11.4 Å². The molecule has 0 saturated carbocycles. The van der Waals surface area contributed by atoms with Gasteiger partial charge >= 0.3 is 5.97 Å². The summed E-state index contributed by atoms with van der Waals surface area (Å²) in [5.41, 5.74) is 2.66. The first-order valence-corrected chi connectivity index (χ1v) is 12.4. The number of aromatic nitrogens is 2. The van der Waals surface area contributed by atoms with E-state index in [1.165, 1.54) is 12.6 Å². The van der Waals surface area contributed by atoms with Crippen LogP contribution in [0.5, 0.6) is 0 Å². The zero-order chi connectivity index (χ0) is 23.4. The smallest absolute Gasteiger partial charge is 0.339 e. The van der Waals surface area contributed by atoms with Gasteiger partial charge in [0.15, 0.2) is 0 Å². The van der Waals surface area contributed by atoms with Crippen LogP contribution in [0.3, 0.4) is 0 Å². The van der Waals surface area contributed by atoms with Crippen molar-refractivity contribution in [2.75, 3.05) is 26.9 Å². The highest BCUT2D eigenvalue weighted by Gasteiger charge is 2.25. The Bertz CT molecular complexity index is 1100. The van der Waals surface area contributed by atoms with Gasteiger partial charge in [0.05, 0.1) is 23.7 Å². The first-order valence-electron chi connectivity index (χ1n) is 11.6. The third kappa shape index (κ3) is 5.76. The molecule has 1 saturated heterocycles. The number of rotatable bonds is 5. The number of thioether (sulfide) groups is 1. The maximum atomic E-state index is 11.9. The molecule has 1 fully saturated rings. The van der Waals surface area contributed by atoms with Crippen LogP contribution in [0.25, 0.3) is 11.0 Å². The van der Waals surface area contributed by atoms with Crippen LogP contribution in [0, 0.1) is 5.92 Å². The summed E-state index contributed by atoms with van der Waals surface area (Å²) in [6.07, 6.45) is 8.42. The number of fused-ring (bicyclic) bond motifs is 1. The molecule has 0 aliphatic carbocycles. The average molecular weight is 468 g/mol. The van der Waals surface area contributed by atoms with Gasteiger partial charge in [0, 0.05) is 42.8 Å². The van der Waals surface area contributed by atoms with Gasteiger partial charge in [0.1, 0.15) is 5.82 Å². The van der Waals surface area contributed by atoms with Gasteiger partial charge in [-0.15, -0.1) is 0 Å². The van der Waals surface area contributed by atoms with E-state index in [1.54, 1.807) is 24.1 Å². The second-order valence-electron chi connectivity index (χ2n) is 9.64. The summed E-state index contributed by atoms with van der Waals surface area (Å²) in [5.74, 6) is 1.39. The molecule has 176 valence electrons. The Morgan fingerprint density at radius 1 is 1.24 bits per heavy atom. The summed E-state index contributed by atoms with van der Waals surface area (Å²) in [6, 6.07) is 6.57. The summed E-state index contributed by atoms with van der Waals surface area (Å²) in [4.78, 5) is 23.6. The second-order valence-corrected chi connectivity index (χ2v) is 10.8. The molecule has 2 aromatic rings. The van der Waals surface area contributed by atoms with Crippen molar-refractivity contribution in [2.24, 2.45) is 10.9 Å². The molecule has 4 rings (SSSR count). The zero-order valence-electron chi connectivity index (χ0n) is 20.0. The minimum absolute atomic E-state index is 0.0351. The molecule has 0 unspecified atom stereocenters. The molecular formula is C26H33N3O3S. The normalized spacial score (nSPS) is 21.1. The van der Waals surface area contributed by atoms with Crippen LogP contribution < -0.4 is 0 Å². The number of carbonyl (C=O) groups is 1. The van der Waals surface area contributed by atoms with Crippen molar-refractivity contribution in [1.82, 2.24) is 9.55 Å². The summed E-state index contributed by atoms with van der Waals surface area (Å²) in [6.45, 7) is 10.0. The quantitative estimate of drug-likeness (QED) is 0.558. The van der Waals surface area contributed by atoms with Crippen LogP contribution in [0.2, 0.25) is 0 Å². The molecule has 2 aliphatic heterocycles. The largest absolute Gasteiger partial charge is 0.465 e. The molecule has 7 heteroatoms. The monoisotopic (exact) mass is 467 g/mol. The van der Waals surface area contributed by atoms with Crippen molar-refractivity contribution >= 4 is 35.0 Å². The number of nitrogens with zero attached hydrogens (tertiary/aromatic N) is 3. The fraction of sp³-hybridized carbons (Fsp3) is 0.500. The van der Waals surface area contributed by atoms with Crippen LogP contribution in [-0.2, 0) is 26.2 Å².